The summed E-state index contributed by atoms with van der Waals surface area (Å²) in [5.41, 5.74) is -1.27. The van der Waals surface area contributed by atoms with E-state index in [0.29, 0.717) is 19.1 Å². The highest BCUT2D eigenvalue weighted by Crippen LogP contribution is 2.12. The number of hydrogen-bond donors (Lipinski definition) is 1. The molecular weight excluding hydrogens is 144 g/mol. The normalized spacial score (nSPS) is 18.5. The maximum absolute atomic E-state index is 10.2. The van der Waals surface area contributed by atoms with Crippen molar-refractivity contribution >= 4 is 12.6 Å². The molecule has 0 saturated carbocycles. The van der Waals surface area contributed by atoms with Gasteiger partial charge in [0.05, 0.1) is 0 Å². The molecule has 0 bridgehead atoms. The molecule has 0 spiro atoms. The van der Waals surface area contributed by atoms with Crippen molar-refractivity contribution in [3.8, 4) is 0 Å². The molecule has 0 rings (SSSR count). The first-order valence-corrected chi connectivity index (χ1v) is 3.66. The van der Waals surface area contributed by atoms with E-state index in [-0.39, 0.29) is 5.92 Å². The molecule has 3 heteroatoms. The minimum Gasteiger partial charge on any atom is -0.383 e. The first kappa shape index (κ1) is 10.3. The highest BCUT2D eigenvalue weighted by atomic mass is 16.3. The SMILES string of the molecule is C[C@H](C=O)CC[C@@](C)(O)C=O. The standard InChI is InChI=1S/C8H14O3/c1-7(5-9)3-4-8(2,11)6-10/h5-7,11H,3-4H2,1-2H3/t7-,8+/m0/s1. The van der Waals surface area contributed by atoms with Crippen LogP contribution in [0.4, 0.5) is 0 Å². The van der Waals surface area contributed by atoms with Crippen LogP contribution in [0.25, 0.3) is 0 Å². The summed E-state index contributed by atoms with van der Waals surface area (Å²) >= 11 is 0. The zero-order chi connectivity index (χ0) is 8.91. The van der Waals surface area contributed by atoms with E-state index in [0.717, 1.165) is 6.29 Å². The quantitative estimate of drug-likeness (QED) is 0.594. The molecule has 0 aliphatic carbocycles. The first-order chi connectivity index (χ1) is 5.02. The average Bonchev–Trinajstić information content (AvgIpc) is 2.00. The van der Waals surface area contributed by atoms with Gasteiger partial charge >= 0.3 is 0 Å². The van der Waals surface area contributed by atoms with Crippen LogP contribution in [0.2, 0.25) is 0 Å². The van der Waals surface area contributed by atoms with Gasteiger partial charge in [-0.2, -0.15) is 0 Å². The Morgan fingerprint density at radius 1 is 1.55 bits per heavy atom. The van der Waals surface area contributed by atoms with E-state index < -0.39 is 5.60 Å². The number of aldehydes is 2. The van der Waals surface area contributed by atoms with Gasteiger partial charge in [0.2, 0.25) is 0 Å². The smallest absolute Gasteiger partial charge is 0.151 e. The van der Waals surface area contributed by atoms with Crippen LogP contribution in [0.3, 0.4) is 0 Å². The lowest BCUT2D eigenvalue weighted by atomic mass is 9.97. The van der Waals surface area contributed by atoms with Crippen molar-refractivity contribution in [3.05, 3.63) is 0 Å². The summed E-state index contributed by atoms with van der Waals surface area (Å²) in [6, 6.07) is 0. The van der Waals surface area contributed by atoms with Crippen molar-refractivity contribution in [2.45, 2.75) is 32.3 Å². The lowest BCUT2D eigenvalue weighted by Gasteiger charge is -2.15. The van der Waals surface area contributed by atoms with Crippen LogP contribution in [0.5, 0.6) is 0 Å². The molecule has 0 aromatic rings. The van der Waals surface area contributed by atoms with E-state index in [4.69, 9.17) is 0 Å². The Balaban J connectivity index is 3.68. The number of rotatable bonds is 5. The molecule has 0 amide bonds. The summed E-state index contributed by atoms with van der Waals surface area (Å²) in [7, 11) is 0. The van der Waals surface area contributed by atoms with Crippen LogP contribution < -0.4 is 0 Å². The Kier molecular flexibility index (Phi) is 3.97. The molecule has 0 unspecified atom stereocenters. The zero-order valence-corrected chi connectivity index (χ0v) is 6.91. The fourth-order valence-electron chi connectivity index (χ4n) is 0.647. The van der Waals surface area contributed by atoms with Crippen molar-refractivity contribution in [3.63, 3.8) is 0 Å². The summed E-state index contributed by atoms with van der Waals surface area (Å²) in [4.78, 5) is 20.3. The number of carbonyl (C=O) groups is 2. The van der Waals surface area contributed by atoms with Crippen LogP contribution >= 0.6 is 0 Å². The van der Waals surface area contributed by atoms with Crippen LogP contribution in [-0.2, 0) is 9.59 Å². The van der Waals surface area contributed by atoms with Gasteiger partial charge in [-0.3, -0.25) is 0 Å². The molecule has 0 aliphatic heterocycles. The van der Waals surface area contributed by atoms with Gasteiger partial charge in [-0.1, -0.05) is 6.92 Å². The second-order valence-corrected chi connectivity index (χ2v) is 3.13. The number of carbonyl (C=O) groups excluding carboxylic acids is 2. The van der Waals surface area contributed by atoms with Crippen LogP contribution in [0.1, 0.15) is 26.7 Å². The van der Waals surface area contributed by atoms with Gasteiger partial charge in [0.15, 0.2) is 6.29 Å². The van der Waals surface area contributed by atoms with E-state index in [1.807, 2.05) is 0 Å². The second-order valence-electron chi connectivity index (χ2n) is 3.13. The van der Waals surface area contributed by atoms with Crippen LogP contribution in [-0.4, -0.2) is 23.3 Å². The Labute approximate surface area is 66.4 Å². The third-order valence-electron chi connectivity index (χ3n) is 1.59. The van der Waals surface area contributed by atoms with Gasteiger partial charge in [0, 0.05) is 5.92 Å². The van der Waals surface area contributed by atoms with Crippen molar-refractivity contribution in [1.82, 2.24) is 0 Å². The second kappa shape index (κ2) is 4.23. The fraction of sp³-hybridized carbons (Fsp3) is 0.750. The largest absolute Gasteiger partial charge is 0.383 e. The molecule has 0 aliphatic rings. The molecule has 0 radical (unpaired) electrons. The maximum atomic E-state index is 10.2. The summed E-state index contributed by atoms with van der Waals surface area (Å²) < 4.78 is 0. The maximum Gasteiger partial charge on any atom is 0.151 e. The van der Waals surface area contributed by atoms with Gasteiger partial charge in [0.1, 0.15) is 11.9 Å². The third-order valence-corrected chi connectivity index (χ3v) is 1.59. The minimum atomic E-state index is -1.27. The Morgan fingerprint density at radius 2 is 2.09 bits per heavy atom. The highest BCUT2D eigenvalue weighted by Gasteiger charge is 2.19. The predicted octanol–water partition coefficient (Wildman–Crippen LogP) is 0.551. The van der Waals surface area contributed by atoms with E-state index in [1.54, 1.807) is 6.92 Å². The minimum absolute atomic E-state index is 0.0820. The summed E-state index contributed by atoms with van der Waals surface area (Å²) in [5, 5.41) is 9.18. The van der Waals surface area contributed by atoms with Gasteiger partial charge in [0.25, 0.3) is 0 Å². The van der Waals surface area contributed by atoms with E-state index >= 15 is 0 Å². The monoisotopic (exact) mass is 158 g/mol. The van der Waals surface area contributed by atoms with Crippen molar-refractivity contribution in [2.24, 2.45) is 5.92 Å². The van der Waals surface area contributed by atoms with E-state index in [2.05, 4.69) is 0 Å². The molecule has 11 heavy (non-hydrogen) atoms. The molecule has 1 N–H and O–H groups in total. The molecule has 2 atom stereocenters. The molecule has 0 heterocycles. The van der Waals surface area contributed by atoms with E-state index in [9.17, 15) is 14.7 Å². The summed E-state index contributed by atoms with van der Waals surface area (Å²) in [6.07, 6.45) is 2.22. The molecule has 64 valence electrons. The first-order valence-electron chi connectivity index (χ1n) is 3.66. The van der Waals surface area contributed by atoms with Gasteiger partial charge in [-0.15, -0.1) is 0 Å². The van der Waals surface area contributed by atoms with Crippen molar-refractivity contribution < 1.29 is 14.7 Å². The lowest BCUT2D eigenvalue weighted by molar-refractivity contribution is -0.123. The highest BCUT2D eigenvalue weighted by molar-refractivity contribution is 5.61. The molecular formula is C8H14O3. The zero-order valence-electron chi connectivity index (χ0n) is 6.91. The van der Waals surface area contributed by atoms with Crippen molar-refractivity contribution in [2.75, 3.05) is 0 Å². The predicted molar refractivity (Wildman–Crippen MR) is 41.1 cm³/mol. The van der Waals surface area contributed by atoms with Crippen LogP contribution in [0, 0.1) is 5.92 Å². The molecule has 3 nitrogen and oxygen atoms in total. The van der Waals surface area contributed by atoms with E-state index in [1.165, 1.54) is 6.92 Å². The molecule has 0 fully saturated rings. The van der Waals surface area contributed by atoms with Gasteiger partial charge in [-0.25, -0.2) is 0 Å². The summed E-state index contributed by atoms with van der Waals surface area (Å²) in [5.74, 6) is -0.0820. The lowest BCUT2D eigenvalue weighted by Crippen LogP contribution is -2.26. The topological polar surface area (TPSA) is 54.4 Å². The van der Waals surface area contributed by atoms with Crippen LogP contribution in [0.15, 0.2) is 0 Å². The number of hydrogen-bond acceptors (Lipinski definition) is 3. The number of aliphatic hydroxyl groups is 1. The Hall–Kier alpha value is -0.700. The Morgan fingerprint density at radius 3 is 2.45 bits per heavy atom. The summed E-state index contributed by atoms with van der Waals surface area (Å²) in [6.45, 7) is 3.20. The Bertz CT molecular complexity index is 140. The average molecular weight is 158 g/mol. The molecule has 0 aromatic heterocycles. The van der Waals surface area contributed by atoms with Crippen molar-refractivity contribution in [1.29, 1.82) is 0 Å². The molecule has 0 aromatic carbocycles. The molecule has 0 saturated heterocycles. The fourth-order valence-corrected chi connectivity index (χ4v) is 0.647. The third kappa shape index (κ3) is 4.67. The van der Waals surface area contributed by atoms with Gasteiger partial charge < -0.3 is 14.7 Å². The van der Waals surface area contributed by atoms with Gasteiger partial charge in [-0.05, 0) is 19.8 Å².